The second-order valence-corrected chi connectivity index (χ2v) is 8.60. The number of amides is 1. The molecule has 2 aliphatic heterocycles. The Morgan fingerprint density at radius 2 is 2.24 bits per heavy atom. The van der Waals surface area contributed by atoms with E-state index in [1.54, 1.807) is 0 Å². The van der Waals surface area contributed by atoms with E-state index < -0.39 is 0 Å². The van der Waals surface area contributed by atoms with Gasteiger partial charge in [0.15, 0.2) is 0 Å². The van der Waals surface area contributed by atoms with Crippen molar-refractivity contribution in [3.8, 4) is 0 Å². The van der Waals surface area contributed by atoms with E-state index in [4.69, 9.17) is 4.52 Å². The van der Waals surface area contributed by atoms with Crippen LogP contribution >= 0.6 is 11.3 Å². The minimum atomic E-state index is 0.134. The molecule has 1 unspecified atom stereocenters. The van der Waals surface area contributed by atoms with Crippen LogP contribution in [0.3, 0.4) is 0 Å². The summed E-state index contributed by atoms with van der Waals surface area (Å²) >= 11 is 1.82. The first-order chi connectivity index (χ1) is 12.3. The van der Waals surface area contributed by atoms with Crippen molar-refractivity contribution < 1.29 is 9.32 Å². The number of thiophene rings is 1. The number of carbonyl (C=O) groups is 1. The zero-order valence-electron chi connectivity index (χ0n) is 14.3. The fourth-order valence-electron chi connectivity index (χ4n) is 4.06. The number of hydrogen-bond donors (Lipinski definition) is 0. The number of nitrogens with zero attached hydrogens (tertiary/aromatic N) is 3. The maximum Gasteiger partial charge on any atom is 0.227 e. The van der Waals surface area contributed by atoms with Gasteiger partial charge in [0.25, 0.3) is 0 Å². The summed E-state index contributed by atoms with van der Waals surface area (Å²) in [5, 5.41) is 6.35. The van der Waals surface area contributed by atoms with Crippen LogP contribution in [0.4, 0.5) is 0 Å². The average molecular weight is 357 g/mol. The van der Waals surface area contributed by atoms with Gasteiger partial charge in [-0.15, -0.1) is 11.3 Å². The van der Waals surface area contributed by atoms with Gasteiger partial charge in [-0.2, -0.15) is 0 Å². The second kappa shape index (κ2) is 6.25. The van der Waals surface area contributed by atoms with E-state index in [1.807, 2.05) is 11.3 Å². The van der Waals surface area contributed by atoms with Crippen LogP contribution in [0.5, 0.6) is 0 Å². The Balaban J connectivity index is 1.18. The maximum atomic E-state index is 12.9. The molecule has 4 heterocycles. The number of rotatable bonds is 4. The zero-order valence-corrected chi connectivity index (χ0v) is 15.1. The van der Waals surface area contributed by atoms with Crippen LogP contribution in [0.2, 0.25) is 0 Å². The van der Waals surface area contributed by atoms with Gasteiger partial charge >= 0.3 is 0 Å². The summed E-state index contributed by atoms with van der Waals surface area (Å²) in [6.45, 7) is 4.28. The molecular weight excluding hydrogens is 334 g/mol. The van der Waals surface area contributed by atoms with Gasteiger partial charge in [0.05, 0.1) is 11.6 Å². The van der Waals surface area contributed by atoms with Crippen LogP contribution in [0.25, 0.3) is 0 Å². The van der Waals surface area contributed by atoms with E-state index in [0.717, 1.165) is 57.0 Å². The molecule has 0 radical (unpaired) electrons. The third kappa shape index (κ3) is 3.13. The van der Waals surface area contributed by atoms with Crippen molar-refractivity contribution >= 4 is 17.2 Å². The Morgan fingerprint density at radius 1 is 1.32 bits per heavy atom. The molecule has 1 aliphatic carbocycles. The molecule has 5 nitrogen and oxygen atoms in total. The van der Waals surface area contributed by atoms with E-state index in [9.17, 15) is 4.79 Å². The van der Waals surface area contributed by atoms with Crippen LogP contribution in [0, 0.1) is 5.92 Å². The topological polar surface area (TPSA) is 49.6 Å². The molecule has 0 bridgehead atoms. The highest BCUT2D eigenvalue weighted by Crippen LogP contribution is 2.40. The largest absolute Gasteiger partial charge is 0.361 e. The van der Waals surface area contributed by atoms with Crippen molar-refractivity contribution in [3.63, 3.8) is 0 Å². The molecule has 6 heteroatoms. The summed E-state index contributed by atoms with van der Waals surface area (Å²) in [6.07, 6.45) is 4.43. The maximum absolute atomic E-state index is 12.9. The van der Waals surface area contributed by atoms with Gasteiger partial charge in [-0.3, -0.25) is 9.69 Å². The fraction of sp³-hybridized carbons (Fsp3) is 0.579. The number of carbonyl (C=O) groups excluding carboxylic acids is 1. The minimum Gasteiger partial charge on any atom is -0.361 e. The van der Waals surface area contributed by atoms with Crippen LogP contribution in [0.15, 0.2) is 22.0 Å². The Bertz CT molecular complexity index is 779. The molecule has 0 spiro atoms. The van der Waals surface area contributed by atoms with E-state index >= 15 is 0 Å². The highest BCUT2D eigenvalue weighted by atomic mass is 32.1. The lowest BCUT2D eigenvalue weighted by atomic mass is 10.0. The van der Waals surface area contributed by atoms with E-state index in [1.165, 1.54) is 23.3 Å². The van der Waals surface area contributed by atoms with Gasteiger partial charge in [-0.1, -0.05) is 5.16 Å². The third-order valence-corrected chi connectivity index (χ3v) is 6.71. The molecule has 1 atom stereocenters. The first-order valence-corrected chi connectivity index (χ1v) is 10.2. The third-order valence-electron chi connectivity index (χ3n) is 5.68. The van der Waals surface area contributed by atoms with Crippen molar-refractivity contribution in [3.05, 3.63) is 39.4 Å². The van der Waals surface area contributed by atoms with Gasteiger partial charge in [0, 0.05) is 43.0 Å². The number of aromatic nitrogens is 1. The van der Waals surface area contributed by atoms with Crippen LogP contribution < -0.4 is 0 Å². The highest BCUT2D eigenvalue weighted by molar-refractivity contribution is 7.10. The first kappa shape index (κ1) is 15.6. The monoisotopic (exact) mass is 357 g/mol. The summed E-state index contributed by atoms with van der Waals surface area (Å²) < 4.78 is 5.44. The molecule has 0 aromatic carbocycles. The van der Waals surface area contributed by atoms with Gasteiger partial charge in [-0.25, -0.2) is 0 Å². The van der Waals surface area contributed by atoms with Gasteiger partial charge in [0.2, 0.25) is 5.91 Å². The van der Waals surface area contributed by atoms with Gasteiger partial charge in [-0.05, 0) is 49.2 Å². The molecule has 2 aromatic heterocycles. The van der Waals surface area contributed by atoms with Crippen LogP contribution in [-0.2, 0) is 24.3 Å². The Labute approximate surface area is 151 Å². The molecular formula is C19H23N3O2S. The molecule has 5 rings (SSSR count). The smallest absolute Gasteiger partial charge is 0.227 e. The number of hydrogen-bond acceptors (Lipinski definition) is 5. The highest BCUT2D eigenvalue weighted by Gasteiger charge is 2.34. The van der Waals surface area contributed by atoms with Gasteiger partial charge < -0.3 is 9.42 Å². The van der Waals surface area contributed by atoms with Crippen LogP contribution in [-0.4, -0.2) is 40.5 Å². The minimum absolute atomic E-state index is 0.134. The van der Waals surface area contributed by atoms with Gasteiger partial charge in [0.1, 0.15) is 5.76 Å². The first-order valence-electron chi connectivity index (χ1n) is 9.28. The number of fused-ring (bicyclic) bond motifs is 1. The van der Waals surface area contributed by atoms with Crippen molar-refractivity contribution in [2.24, 2.45) is 5.92 Å². The molecule has 2 aromatic rings. The molecule has 1 amide bonds. The zero-order chi connectivity index (χ0) is 16.8. The molecule has 2 fully saturated rings. The Morgan fingerprint density at radius 3 is 3.12 bits per heavy atom. The van der Waals surface area contributed by atoms with Crippen LogP contribution in [0.1, 0.15) is 47.1 Å². The molecule has 132 valence electrons. The lowest BCUT2D eigenvalue weighted by molar-refractivity contribution is -0.136. The Kier molecular flexibility index (Phi) is 3.90. The van der Waals surface area contributed by atoms with E-state index in [2.05, 4.69) is 32.5 Å². The predicted octanol–water partition coefficient (Wildman–Crippen LogP) is 3.02. The SMILES string of the molecule is O=C(C1CCN(Cc2cc(C3CC3)on2)C1)N1CCc2sccc2C1. The summed E-state index contributed by atoms with van der Waals surface area (Å²) in [6, 6.07) is 4.28. The van der Waals surface area contributed by atoms with Crippen molar-refractivity contribution in [2.45, 2.75) is 44.7 Å². The molecule has 1 saturated carbocycles. The second-order valence-electron chi connectivity index (χ2n) is 7.59. The normalized spacial score (nSPS) is 23.8. The van der Waals surface area contributed by atoms with E-state index in [0.29, 0.717) is 11.8 Å². The standard InChI is InChI=1S/C19H23N3O2S/c23-19(22-7-4-18-14(11-22)5-8-25-18)15-3-6-21(10-15)12-16-9-17(24-20-16)13-1-2-13/h5,8-9,13,15H,1-4,6-7,10-12H2. The quantitative estimate of drug-likeness (QED) is 0.844. The number of likely N-dealkylation sites (tertiary alicyclic amines) is 1. The summed E-state index contributed by atoms with van der Waals surface area (Å²) in [5.74, 6) is 2.12. The summed E-state index contributed by atoms with van der Waals surface area (Å²) in [4.78, 5) is 18.8. The van der Waals surface area contributed by atoms with E-state index in [-0.39, 0.29) is 5.92 Å². The van der Waals surface area contributed by atoms with Crippen molar-refractivity contribution in [1.29, 1.82) is 0 Å². The summed E-state index contributed by atoms with van der Waals surface area (Å²) in [5.41, 5.74) is 2.35. The average Bonchev–Trinajstić information content (AvgIpc) is 3.04. The summed E-state index contributed by atoms with van der Waals surface area (Å²) in [7, 11) is 0. The lowest BCUT2D eigenvalue weighted by Gasteiger charge is -2.29. The van der Waals surface area contributed by atoms with Crippen molar-refractivity contribution in [2.75, 3.05) is 19.6 Å². The molecule has 3 aliphatic rings. The Hall–Kier alpha value is -1.66. The molecule has 25 heavy (non-hydrogen) atoms. The fourth-order valence-corrected chi connectivity index (χ4v) is 4.95. The predicted molar refractivity (Wildman–Crippen MR) is 95.3 cm³/mol. The van der Waals surface area contributed by atoms with Crippen molar-refractivity contribution in [1.82, 2.24) is 15.0 Å². The lowest BCUT2D eigenvalue weighted by Crippen LogP contribution is -2.40. The molecule has 0 N–H and O–H groups in total. The molecule has 1 saturated heterocycles.